The smallest absolute Gasteiger partial charge is 0.0303 e. The number of hydrogen-bond donors (Lipinski definition) is 1. The van der Waals surface area contributed by atoms with Crippen LogP contribution in [0.1, 0.15) is 32.1 Å². The van der Waals surface area contributed by atoms with E-state index in [4.69, 9.17) is 5.73 Å². The average molecular weight is 254 g/mol. The van der Waals surface area contributed by atoms with E-state index >= 15 is 0 Å². The summed E-state index contributed by atoms with van der Waals surface area (Å²) in [5.74, 6) is 0.688. The van der Waals surface area contributed by atoms with Crippen LogP contribution in [0.5, 0.6) is 0 Å². The van der Waals surface area contributed by atoms with Crippen molar-refractivity contribution < 1.29 is 0 Å². The van der Waals surface area contributed by atoms with Crippen molar-refractivity contribution in [3.63, 3.8) is 0 Å². The predicted octanol–water partition coefficient (Wildman–Crippen LogP) is 2.99. The highest BCUT2D eigenvalue weighted by Gasteiger charge is 2.28. The van der Waals surface area contributed by atoms with E-state index < -0.39 is 0 Å². The Morgan fingerprint density at radius 1 is 1.47 bits per heavy atom. The van der Waals surface area contributed by atoms with E-state index in [1.807, 2.05) is 11.3 Å². The first-order valence-corrected chi connectivity index (χ1v) is 7.29. The maximum Gasteiger partial charge on any atom is 0.0303 e. The Hall–Kier alpha value is -0.380. The number of likely N-dealkylation sites (N-methyl/N-ethyl adjacent to an activating group) is 1. The van der Waals surface area contributed by atoms with Crippen LogP contribution in [-0.4, -0.2) is 30.6 Å². The van der Waals surface area contributed by atoms with Gasteiger partial charge in [-0.2, -0.15) is 0 Å². The fourth-order valence-electron chi connectivity index (χ4n) is 2.28. The molecule has 0 bridgehead atoms. The summed E-state index contributed by atoms with van der Waals surface area (Å²) in [5.41, 5.74) is 6.10. The van der Waals surface area contributed by atoms with Crippen LogP contribution in [0.2, 0.25) is 0 Å². The standard InChI is InChI=1S/C14H26N2S/c1-12(2)10-14(3,11-15)16(4)8-7-13-6-5-9-17-13/h5-6,9,12H,7-8,10-11,15H2,1-4H3. The molecule has 1 rings (SSSR count). The zero-order valence-electron chi connectivity index (χ0n) is 11.6. The van der Waals surface area contributed by atoms with Gasteiger partial charge in [-0.15, -0.1) is 11.3 Å². The molecule has 0 radical (unpaired) electrons. The van der Waals surface area contributed by atoms with Gasteiger partial charge in [-0.05, 0) is 44.2 Å². The van der Waals surface area contributed by atoms with Crippen molar-refractivity contribution in [2.24, 2.45) is 11.7 Å². The summed E-state index contributed by atoms with van der Waals surface area (Å²) < 4.78 is 0. The Labute approximate surface area is 110 Å². The van der Waals surface area contributed by atoms with Crippen LogP contribution in [0, 0.1) is 5.92 Å². The molecule has 3 heteroatoms. The van der Waals surface area contributed by atoms with Crippen molar-refractivity contribution in [2.75, 3.05) is 20.1 Å². The lowest BCUT2D eigenvalue weighted by atomic mass is 9.89. The largest absolute Gasteiger partial charge is 0.329 e. The molecule has 17 heavy (non-hydrogen) atoms. The second-order valence-corrected chi connectivity index (χ2v) is 6.58. The lowest BCUT2D eigenvalue weighted by Crippen LogP contribution is -2.51. The molecule has 0 aromatic carbocycles. The average Bonchev–Trinajstić information content (AvgIpc) is 2.77. The molecule has 0 aliphatic rings. The monoisotopic (exact) mass is 254 g/mol. The van der Waals surface area contributed by atoms with Gasteiger partial charge in [0, 0.05) is 23.5 Å². The summed E-state index contributed by atoms with van der Waals surface area (Å²) in [6, 6.07) is 4.33. The van der Waals surface area contributed by atoms with Crippen molar-refractivity contribution in [1.29, 1.82) is 0 Å². The summed E-state index contributed by atoms with van der Waals surface area (Å²) >= 11 is 1.84. The van der Waals surface area contributed by atoms with Crippen molar-refractivity contribution >= 4 is 11.3 Å². The minimum atomic E-state index is 0.130. The van der Waals surface area contributed by atoms with Gasteiger partial charge in [0.25, 0.3) is 0 Å². The van der Waals surface area contributed by atoms with Gasteiger partial charge in [0.2, 0.25) is 0 Å². The van der Waals surface area contributed by atoms with Crippen molar-refractivity contribution in [1.82, 2.24) is 4.90 Å². The second kappa shape index (κ2) is 6.53. The zero-order chi connectivity index (χ0) is 12.9. The van der Waals surface area contributed by atoms with Gasteiger partial charge in [0.15, 0.2) is 0 Å². The molecule has 1 unspecified atom stereocenters. The molecular weight excluding hydrogens is 228 g/mol. The molecule has 1 aromatic heterocycles. The van der Waals surface area contributed by atoms with Crippen LogP contribution in [-0.2, 0) is 6.42 Å². The Bertz CT molecular complexity index is 308. The van der Waals surface area contributed by atoms with Crippen molar-refractivity contribution in [3.05, 3.63) is 22.4 Å². The molecule has 0 fully saturated rings. The normalized spacial score (nSPS) is 15.5. The van der Waals surface area contributed by atoms with Crippen molar-refractivity contribution in [2.45, 2.75) is 39.2 Å². The Kier molecular flexibility index (Phi) is 5.63. The predicted molar refractivity (Wildman–Crippen MR) is 77.6 cm³/mol. The fraction of sp³-hybridized carbons (Fsp3) is 0.714. The molecule has 0 aliphatic carbocycles. The highest BCUT2D eigenvalue weighted by molar-refractivity contribution is 7.09. The third-order valence-electron chi connectivity index (χ3n) is 3.48. The summed E-state index contributed by atoms with van der Waals surface area (Å²) in [6.45, 7) is 8.62. The molecule has 98 valence electrons. The fourth-order valence-corrected chi connectivity index (χ4v) is 2.98. The zero-order valence-corrected chi connectivity index (χ0v) is 12.4. The molecule has 2 nitrogen and oxygen atoms in total. The number of nitrogens with two attached hydrogens (primary N) is 1. The van der Waals surface area contributed by atoms with Gasteiger partial charge in [-0.25, -0.2) is 0 Å². The quantitative estimate of drug-likeness (QED) is 0.810. The van der Waals surface area contributed by atoms with Crippen molar-refractivity contribution in [3.8, 4) is 0 Å². The lowest BCUT2D eigenvalue weighted by molar-refractivity contribution is 0.121. The molecular formula is C14H26N2S. The summed E-state index contributed by atoms with van der Waals surface area (Å²) in [4.78, 5) is 3.88. The van der Waals surface area contributed by atoms with E-state index in [-0.39, 0.29) is 5.54 Å². The van der Waals surface area contributed by atoms with Gasteiger partial charge in [0.1, 0.15) is 0 Å². The van der Waals surface area contributed by atoms with Gasteiger partial charge >= 0.3 is 0 Å². The van der Waals surface area contributed by atoms with Gasteiger partial charge < -0.3 is 5.73 Å². The minimum absolute atomic E-state index is 0.130. The van der Waals surface area contributed by atoms with Crippen LogP contribution >= 0.6 is 11.3 Å². The summed E-state index contributed by atoms with van der Waals surface area (Å²) in [5, 5.41) is 2.14. The van der Waals surface area contributed by atoms with E-state index in [2.05, 4.69) is 50.2 Å². The van der Waals surface area contributed by atoms with Crippen LogP contribution in [0.25, 0.3) is 0 Å². The molecule has 0 aliphatic heterocycles. The third kappa shape index (κ3) is 4.41. The van der Waals surface area contributed by atoms with Gasteiger partial charge in [-0.1, -0.05) is 19.9 Å². The van der Waals surface area contributed by atoms with E-state index in [9.17, 15) is 0 Å². The summed E-state index contributed by atoms with van der Waals surface area (Å²) in [6.07, 6.45) is 2.28. The lowest BCUT2D eigenvalue weighted by Gasteiger charge is -2.39. The second-order valence-electron chi connectivity index (χ2n) is 5.55. The van der Waals surface area contributed by atoms with Crippen LogP contribution in [0.3, 0.4) is 0 Å². The number of thiophene rings is 1. The first-order valence-electron chi connectivity index (χ1n) is 6.41. The Balaban J connectivity index is 2.51. The maximum atomic E-state index is 5.97. The molecule has 0 saturated heterocycles. The Morgan fingerprint density at radius 3 is 2.65 bits per heavy atom. The Morgan fingerprint density at radius 2 is 2.18 bits per heavy atom. The molecule has 1 aromatic rings. The third-order valence-corrected chi connectivity index (χ3v) is 4.42. The highest BCUT2D eigenvalue weighted by atomic mass is 32.1. The first-order chi connectivity index (χ1) is 7.98. The molecule has 2 N–H and O–H groups in total. The topological polar surface area (TPSA) is 29.3 Å². The number of rotatable bonds is 7. The van der Waals surface area contributed by atoms with Crippen LogP contribution < -0.4 is 5.73 Å². The highest BCUT2D eigenvalue weighted by Crippen LogP contribution is 2.22. The molecule has 0 spiro atoms. The first kappa shape index (κ1) is 14.7. The van der Waals surface area contributed by atoms with E-state index in [0.717, 1.165) is 25.9 Å². The van der Waals surface area contributed by atoms with Gasteiger partial charge in [-0.3, -0.25) is 4.90 Å². The molecule has 1 heterocycles. The van der Waals surface area contributed by atoms with Crippen LogP contribution in [0.4, 0.5) is 0 Å². The van der Waals surface area contributed by atoms with E-state index in [1.54, 1.807) is 0 Å². The maximum absolute atomic E-state index is 5.97. The van der Waals surface area contributed by atoms with Crippen LogP contribution in [0.15, 0.2) is 17.5 Å². The SMILES string of the molecule is CC(C)CC(C)(CN)N(C)CCc1cccs1. The number of nitrogens with zero attached hydrogens (tertiary/aromatic N) is 1. The number of hydrogen-bond acceptors (Lipinski definition) is 3. The minimum Gasteiger partial charge on any atom is -0.329 e. The van der Waals surface area contributed by atoms with Gasteiger partial charge in [0.05, 0.1) is 0 Å². The molecule has 0 saturated carbocycles. The van der Waals surface area contributed by atoms with E-state index in [1.165, 1.54) is 4.88 Å². The molecule has 0 amide bonds. The summed E-state index contributed by atoms with van der Waals surface area (Å²) in [7, 11) is 2.20. The molecule has 1 atom stereocenters. The van der Waals surface area contributed by atoms with E-state index in [0.29, 0.717) is 5.92 Å².